The van der Waals surface area contributed by atoms with Crippen LogP contribution in [0.5, 0.6) is 5.75 Å². The summed E-state index contributed by atoms with van der Waals surface area (Å²) in [4.78, 5) is 16.7. The maximum atomic E-state index is 11.2. The average Bonchev–Trinajstić information content (AvgIpc) is 2.81. The minimum atomic E-state index is -0.202. The molecule has 0 spiro atoms. The molecule has 3 rings (SSSR count). The number of hydrogen-bond donors (Lipinski definition) is 4. The number of aromatic hydroxyl groups is 1. The van der Waals surface area contributed by atoms with Crippen LogP contribution in [0.4, 0.5) is 5.69 Å². The Bertz CT molecular complexity index is 838. The minimum absolute atomic E-state index is 0.202. The highest BCUT2D eigenvalue weighted by molar-refractivity contribution is 5.78. The third kappa shape index (κ3) is 2.63. The molecule has 4 N–H and O–H groups in total. The number of fused-ring (bicyclic) bond motifs is 1. The van der Waals surface area contributed by atoms with Crippen LogP contribution in [0.2, 0.25) is 0 Å². The Morgan fingerprint density at radius 1 is 1.05 bits per heavy atom. The second kappa shape index (κ2) is 5.01. The van der Waals surface area contributed by atoms with Crippen LogP contribution in [-0.2, 0) is 6.54 Å². The average molecular weight is 283 g/mol. The van der Waals surface area contributed by atoms with E-state index in [9.17, 15) is 9.90 Å². The van der Waals surface area contributed by atoms with Gasteiger partial charge in [0, 0.05) is 12.2 Å². The van der Waals surface area contributed by atoms with Crippen LogP contribution in [0.15, 0.2) is 35.1 Å². The van der Waals surface area contributed by atoms with Crippen molar-refractivity contribution in [1.82, 2.24) is 9.97 Å². The predicted octanol–water partition coefficient (Wildman–Crippen LogP) is 2.79. The maximum Gasteiger partial charge on any atom is 0.323 e. The number of H-pyrrole nitrogens is 2. The van der Waals surface area contributed by atoms with Crippen molar-refractivity contribution in [3.05, 3.63) is 57.5 Å². The molecule has 0 unspecified atom stereocenters. The second-order valence-corrected chi connectivity index (χ2v) is 5.27. The first kappa shape index (κ1) is 13.3. The van der Waals surface area contributed by atoms with Crippen molar-refractivity contribution in [3.8, 4) is 5.75 Å². The van der Waals surface area contributed by atoms with Gasteiger partial charge in [0.1, 0.15) is 5.75 Å². The first-order valence-electron chi connectivity index (χ1n) is 6.78. The third-order valence-corrected chi connectivity index (χ3v) is 3.56. The van der Waals surface area contributed by atoms with E-state index in [1.165, 1.54) is 0 Å². The molecule has 3 aromatic rings. The molecule has 1 heterocycles. The van der Waals surface area contributed by atoms with Crippen molar-refractivity contribution in [3.63, 3.8) is 0 Å². The van der Waals surface area contributed by atoms with Gasteiger partial charge in [-0.2, -0.15) is 0 Å². The lowest BCUT2D eigenvalue weighted by Crippen LogP contribution is -2.00. The highest BCUT2D eigenvalue weighted by atomic mass is 16.3. The zero-order valence-electron chi connectivity index (χ0n) is 11.9. The van der Waals surface area contributed by atoms with E-state index in [0.717, 1.165) is 33.4 Å². The fourth-order valence-corrected chi connectivity index (χ4v) is 2.49. The molecule has 2 aromatic carbocycles. The summed E-state index contributed by atoms with van der Waals surface area (Å²) in [6.07, 6.45) is 0. The van der Waals surface area contributed by atoms with Gasteiger partial charge in [-0.05, 0) is 48.7 Å². The smallest absolute Gasteiger partial charge is 0.323 e. The largest absolute Gasteiger partial charge is 0.507 e. The van der Waals surface area contributed by atoms with Crippen LogP contribution in [0.3, 0.4) is 0 Å². The summed E-state index contributed by atoms with van der Waals surface area (Å²) in [5.74, 6) is 0.352. The quantitative estimate of drug-likeness (QED) is 0.596. The number of phenolic OH excluding ortho intramolecular Hbond substituents is 1. The number of benzene rings is 2. The predicted molar refractivity (Wildman–Crippen MR) is 83.8 cm³/mol. The summed E-state index contributed by atoms with van der Waals surface area (Å²) in [6.45, 7) is 4.44. The topological polar surface area (TPSA) is 80.9 Å². The van der Waals surface area contributed by atoms with Gasteiger partial charge in [0.15, 0.2) is 0 Å². The summed E-state index contributed by atoms with van der Waals surface area (Å²) in [6, 6.07) is 9.61. The molecule has 0 atom stereocenters. The van der Waals surface area contributed by atoms with Crippen LogP contribution in [-0.4, -0.2) is 15.1 Å². The molecule has 0 aliphatic heterocycles. The zero-order chi connectivity index (χ0) is 15.0. The molecule has 5 heteroatoms. The Morgan fingerprint density at radius 2 is 1.71 bits per heavy atom. The Morgan fingerprint density at radius 3 is 2.43 bits per heavy atom. The molecule has 0 aliphatic carbocycles. The van der Waals surface area contributed by atoms with Crippen molar-refractivity contribution < 1.29 is 5.11 Å². The maximum absolute atomic E-state index is 11.2. The van der Waals surface area contributed by atoms with Crippen LogP contribution >= 0.6 is 0 Å². The molecule has 0 aliphatic rings. The molecule has 0 fully saturated rings. The Kier molecular flexibility index (Phi) is 3.17. The molecular formula is C16H17N3O2. The van der Waals surface area contributed by atoms with E-state index in [1.54, 1.807) is 0 Å². The number of imidazole rings is 1. The molecular weight excluding hydrogens is 266 g/mol. The number of aryl methyl sites for hydroxylation is 2. The van der Waals surface area contributed by atoms with Gasteiger partial charge in [-0.3, -0.25) is 0 Å². The number of hydrogen-bond acceptors (Lipinski definition) is 3. The fourth-order valence-electron chi connectivity index (χ4n) is 2.49. The van der Waals surface area contributed by atoms with Gasteiger partial charge in [0.25, 0.3) is 0 Å². The van der Waals surface area contributed by atoms with Crippen molar-refractivity contribution in [1.29, 1.82) is 0 Å². The SMILES string of the molecule is Cc1cc(CNc2ccc3[nH]c(=O)[nH]c3c2)cc(C)c1O. The van der Waals surface area contributed by atoms with Crippen LogP contribution < -0.4 is 11.0 Å². The first-order valence-corrected chi connectivity index (χ1v) is 6.78. The zero-order valence-corrected chi connectivity index (χ0v) is 11.9. The second-order valence-electron chi connectivity index (χ2n) is 5.27. The monoisotopic (exact) mass is 283 g/mol. The van der Waals surface area contributed by atoms with Crippen LogP contribution in [0, 0.1) is 13.8 Å². The van der Waals surface area contributed by atoms with E-state index < -0.39 is 0 Å². The number of aromatic amines is 2. The molecule has 1 aromatic heterocycles. The van der Waals surface area contributed by atoms with Gasteiger partial charge in [0.05, 0.1) is 11.0 Å². The summed E-state index contributed by atoms with van der Waals surface area (Å²) >= 11 is 0. The number of nitrogens with one attached hydrogen (secondary N) is 3. The molecule has 0 bridgehead atoms. The van der Waals surface area contributed by atoms with Gasteiger partial charge in [-0.15, -0.1) is 0 Å². The van der Waals surface area contributed by atoms with Gasteiger partial charge in [0.2, 0.25) is 0 Å². The number of anilines is 1. The molecule has 0 saturated carbocycles. The summed E-state index contributed by atoms with van der Waals surface area (Å²) < 4.78 is 0. The normalized spacial score (nSPS) is 11.0. The van der Waals surface area contributed by atoms with Crippen molar-refractivity contribution >= 4 is 16.7 Å². The summed E-state index contributed by atoms with van der Waals surface area (Å²) in [5, 5.41) is 13.1. The molecule has 21 heavy (non-hydrogen) atoms. The summed E-state index contributed by atoms with van der Waals surface area (Å²) in [5.41, 5.74) is 5.15. The van der Waals surface area contributed by atoms with Gasteiger partial charge in [-0.25, -0.2) is 4.79 Å². The van der Waals surface area contributed by atoms with Gasteiger partial charge in [-0.1, -0.05) is 12.1 Å². The van der Waals surface area contributed by atoms with E-state index in [4.69, 9.17) is 0 Å². The first-order chi connectivity index (χ1) is 10.0. The highest BCUT2D eigenvalue weighted by Gasteiger charge is 2.04. The number of phenols is 1. The molecule has 108 valence electrons. The number of aromatic nitrogens is 2. The van der Waals surface area contributed by atoms with E-state index >= 15 is 0 Å². The molecule has 0 radical (unpaired) electrons. The Balaban J connectivity index is 1.81. The lowest BCUT2D eigenvalue weighted by atomic mass is 10.1. The van der Waals surface area contributed by atoms with E-state index in [-0.39, 0.29) is 5.69 Å². The molecule has 0 amide bonds. The standard InChI is InChI=1S/C16H17N3O2/c1-9-5-11(6-10(2)15(9)20)8-17-12-3-4-13-14(7-12)19-16(21)18-13/h3-7,17,20H,8H2,1-2H3,(H2,18,19,21). The van der Waals surface area contributed by atoms with E-state index in [0.29, 0.717) is 12.3 Å². The summed E-state index contributed by atoms with van der Waals surface area (Å²) in [7, 11) is 0. The Labute approximate surface area is 121 Å². The lowest BCUT2D eigenvalue weighted by molar-refractivity contribution is 0.466. The molecule has 5 nitrogen and oxygen atoms in total. The van der Waals surface area contributed by atoms with Crippen LogP contribution in [0.25, 0.3) is 11.0 Å². The van der Waals surface area contributed by atoms with Gasteiger partial charge >= 0.3 is 5.69 Å². The highest BCUT2D eigenvalue weighted by Crippen LogP contribution is 2.23. The number of rotatable bonds is 3. The van der Waals surface area contributed by atoms with Crippen molar-refractivity contribution in [2.45, 2.75) is 20.4 Å². The minimum Gasteiger partial charge on any atom is -0.507 e. The Hall–Kier alpha value is -2.69. The van der Waals surface area contributed by atoms with Gasteiger partial charge < -0.3 is 20.4 Å². The van der Waals surface area contributed by atoms with E-state index in [2.05, 4.69) is 15.3 Å². The fraction of sp³-hybridized carbons (Fsp3) is 0.188. The third-order valence-electron chi connectivity index (χ3n) is 3.56. The van der Waals surface area contributed by atoms with Crippen LogP contribution in [0.1, 0.15) is 16.7 Å². The lowest BCUT2D eigenvalue weighted by Gasteiger charge is -2.10. The van der Waals surface area contributed by atoms with Crippen molar-refractivity contribution in [2.75, 3.05) is 5.32 Å². The van der Waals surface area contributed by atoms with Crippen molar-refractivity contribution in [2.24, 2.45) is 0 Å². The van der Waals surface area contributed by atoms with E-state index in [1.807, 2.05) is 44.2 Å². The molecule has 0 saturated heterocycles.